The highest BCUT2D eigenvalue weighted by molar-refractivity contribution is 7.88. The van der Waals surface area contributed by atoms with Crippen molar-refractivity contribution in [2.45, 2.75) is 5.03 Å². The SMILES string of the molecule is CN(C)S(=O)(=O)n1nccc1S. The van der Waals surface area contributed by atoms with Gasteiger partial charge >= 0.3 is 10.2 Å². The fraction of sp³-hybridized carbons (Fsp3) is 0.400. The molecule has 0 amide bonds. The molecule has 1 aromatic heterocycles. The summed E-state index contributed by atoms with van der Waals surface area (Å²) in [5.41, 5.74) is 0. The first-order valence-corrected chi connectivity index (χ1v) is 4.96. The first-order valence-electron chi connectivity index (χ1n) is 3.12. The summed E-state index contributed by atoms with van der Waals surface area (Å²) in [6.45, 7) is 0. The van der Waals surface area contributed by atoms with Crippen LogP contribution in [-0.2, 0) is 10.2 Å². The molecule has 0 unspecified atom stereocenters. The summed E-state index contributed by atoms with van der Waals surface area (Å²) < 4.78 is 24.7. The second kappa shape index (κ2) is 3.08. The number of hydrogen-bond donors (Lipinski definition) is 1. The second-order valence-electron chi connectivity index (χ2n) is 2.32. The van der Waals surface area contributed by atoms with Crippen LogP contribution >= 0.6 is 12.6 Å². The van der Waals surface area contributed by atoms with E-state index in [9.17, 15) is 8.42 Å². The van der Waals surface area contributed by atoms with Crippen LogP contribution in [0.15, 0.2) is 17.3 Å². The Bertz CT molecular complexity index is 368. The van der Waals surface area contributed by atoms with Crippen LogP contribution in [0.5, 0.6) is 0 Å². The maximum atomic E-state index is 11.4. The van der Waals surface area contributed by atoms with E-state index in [4.69, 9.17) is 0 Å². The van der Waals surface area contributed by atoms with Crippen molar-refractivity contribution < 1.29 is 8.42 Å². The van der Waals surface area contributed by atoms with Crippen LogP contribution < -0.4 is 0 Å². The smallest absolute Gasteiger partial charge is 0.189 e. The maximum absolute atomic E-state index is 11.4. The van der Waals surface area contributed by atoms with Crippen LogP contribution in [0.4, 0.5) is 0 Å². The predicted octanol–water partition coefficient (Wildman–Crippen LogP) is -0.174. The Morgan fingerprint density at radius 2 is 2.17 bits per heavy atom. The van der Waals surface area contributed by atoms with Crippen molar-refractivity contribution in [3.05, 3.63) is 12.3 Å². The molecule has 0 saturated carbocycles. The van der Waals surface area contributed by atoms with Gasteiger partial charge in [-0.2, -0.15) is 17.8 Å². The lowest BCUT2D eigenvalue weighted by atomic mass is 10.8. The standard InChI is InChI=1S/C5H9N3O2S2/c1-7(2)12(9,10)8-5(11)3-4-6-8/h3-4,11H,1-2H3. The molecule has 0 aliphatic heterocycles. The summed E-state index contributed by atoms with van der Waals surface area (Å²) in [7, 11) is -0.632. The third kappa shape index (κ3) is 1.47. The van der Waals surface area contributed by atoms with Gasteiger partial charge in [0.05, 0.1) is 6.20 Å². The van der Waals surface area contributed by atoms with E-state index in [1.54, 1.807) is 0 Å². The van der Waals surface area contributed by atoms with E-state index in [1.807, 2.05) is 0 Å². The molecule has 0 spiro atoms. The molecule has 0 radical (unpaired) electrons. The van der Waals surface area contributed by atoms with Gasteiger partial charge in [0.25, 0.3) is 0 Å². The van der Waals surface area contributed by atoms with Crippen LogP contribution in [0.3, 0.4) is 0 Å². The van der Waals surface area contributed by atoms with Crippen molar-refractivity contribution in [1.82, 2.24) is 13.5 Å². The maximum Gasteiger partial charge on any atom is 0.323 e. The van der Waals surface area contributed by atoms with Crippen molar-refractivity contribution in [3.63, 3.8) is 0 Å². The van der Waals surface area contributed by atoms with Gasteiger partial charge in [-0.15, -0.1) is 16.7 Å². The van der Waals surface area contributed by atoms with Gasteiger partial charge < -0.3 is 0 Å². The minimum absolute atomic E-state index is 0.295. The van der Waals surface area contributed by atoms with Crippen LogP contribution in [0.2, 0.25) is 0 Å². The largest absolute Gasteiger partial charge is 0.323 e. The van der Waals surface area contributed by atoms with Crippen LogP contribution in [0.25, 0.3) is 0 Å². The minimum atomic E-state index is -3.50. The second-order valence-corrected chi connectivity index (χ2v) is 4.75. The molecule has 0 aliphatic rings. The van der Waals surface area contributed by atoms with Crippen LogP contribution in [-0.4, -0.2) is 36.0 Å². The Labute approximate surface area is 76.6 Å². The van der Waals surface area contributed by atoms with E-state index in [1.165, 1.54) is 26.4 Å². The van der Waals surface area contributed by atoms with E-state index in [0.29, 0.717) is 5.03 Å². The van der Waals surface area contributed by atoms with Crippen molar-refractivity contribution in [2.24, 2.45) is 0 Å². The van der Waals surface area contributed by atoms with E-state index in [-0.39, 0.29) is 0 Å². The zero-order chi connectivity index (χ0) is 9.35. The molecule has 5 nitrogen and oxygen atoms in total. The van der Waals surface area contributed by atoms with Gasteiger partial charge in [0.2, 0.25) is 0 Å². The predicted molar refractivity (Wildman–Crippen MR) is 47.5 cm³/mol. The molecule has 0 fully saturated rings. The van der Waals surface area contributed by atoms with E-state index >= 15 is 0 Å². The molecule has 12 heavy (non-hydrogen) atoms. The molecule has 0 aromatic carbocycles. The molecule has 1 heterocycles. The zero-order valence-electron chi connectivity index (χ0n) is 6.67. The monoisotopic (exact) mass is 207 g/mol. The Hall–Kier alpha value is -0.530. The summed E-state index contributed by atoms with van der Waals surface area (Å²) in [6, 6.07) is 1.50. The van der Waals surface area contributed by atoms with Crippen LogP contribution in [0.1, 0.15) is 0 Å². The van der Waals surface area contributed by atoms with Gasteiger partial charge in [0.1, 0.15) is 5.03 Å². The van der Waals surface area contributed by atoms with Crippen molar-refractivity contribution in [3.8, 4) is 0 Å². The molecule has 0 atom stereocenters. The van der Waals surface area contributed by atoms with Gasteiger partial charge in [-0.1, -0.05) is 0 Å². The molecular weight excluding hydrogens is 198 g/mol. The zero-order valence-corrected chi connectivity index (χ0v) is 8.38. The van der Waals surface area contributed by atoms with E-state index in [2.05, 4.69) is 17.7 Å². The van der Waals surface area contributed by atoms with Gasteiger partial charge in [-0.25, -0.2) is 0 Å². The lowest BCUT2D eigenvalue weighted by molar-refractivity contribution is 0.498. The summed E-state index contributed by atoms with van der Waals surface area (Å²) in [6.07, 6.45) is 1.38. The highest BCUT2D eigenvalue weighted by atomic mass is 32.2. The van der Waals surface area contributed by atoms with Gasteiger partial charge in [-0.3, -0.25) is 0 Å². The Balaban J connectivity index is 3.24. The Kier molecular flexibility index (Phi) is 2.45. The highest BCUT2D eigenvalue weighted by Crippen LogP contribution is 2.08. The first-order chi connectivity index (χ1) is 5.46. The average Bonchev–Trinajstić information content (AvgIpc) is 2.35. The van der Waals surface area contributed by atoms with Crippen molar-refractivity contribution in [2.75, 3.05) is 14.1 Å². The Morgan fingerprint density at radius 1 is 1.58 bits per heavy atom. The van der Waals surface area contributed by atoms with Crippen LogP contribution in [0, 0.1) is 0 Å². The number of rotatable bonds is 2. The van der Waals surface area contributed by atoms with Gasteiger partial charge in [0.15, 0.2) is 0 Å². The summed E-state index contributed by atoms with van der Waals surface area (Å²) in [4.78, 5) is 0. The van der Waals surface area contributed by atoms with Crippen molar-refractivity contribution >= 4 is 22.8 Å². The van der Waals surface area contributed by atoms with E-state index in [0.717, 1.165) is 8.39 Å². The fourth-order valence-corrected chi connectivity index (χ4v) is 1.82. The molecule has 0 saturated heterocycles. The normalized spacial score (nSPS) is 12.3. The van der Waals surface area contributed by atoms with Crippen molar-refractivity contribution in [1.29, 1.82) is 0 Å². The lowest BCUT2D eigenvalue weighted by Gasteiger charge is -2.11. The Morgan fingerprint density at radius 3 is 2.50 bits per heavy atom. The molecule has 1 aromatic rings. The first kappa shape index (κ1) is 9.56. The third-order valence-corrected chi connectivity index (χ3v) is 3.40. The topological polar surface area (TPSA) is 55.2 Å². The number of hydrogen-bond acceptors (Lipinski definition) is 4. The number of aromatic nitrogens is 2. The molecule has 1 rings (SSSR count). The molecular formula is C5H9N3O2S2. The number of nitrogens with zero attached hydrogens (tertiary/aromatic N) is 3. The molecule has 0 N–H and O–H groups in total. The summed E-state index contributed by atoms with van der Waals surface area (Å²) in [5.74, 6) is 0. The quantitative estimate of drug-likeness (QED) is 0.685. The summed E-state index contributed by atoms with van der Waals surface area (Å²) in [5, 5.41) is 3.91. The average molecular weight is 207 g/mol. The lowest BCUT2D eigenvalue weighted by Crippen LogP contribution is -2.29. The summed E-state index contributed by atoms with van der Waals surface area (Å²) >= 11 is 3.93. The minimum Gasteiger partial charge on any atom is -0.189 e. The molecule has 68 valence electrons. The number of thiol groups is 1. The molecule has 0 bridgehead atoms. The van der Waals surface area contributed by atoms with Gasteiger partial charge in [-0.05, 0) is 6.07 Å². The third-order valence-electron chi connectivity index (χ3n) is 1.27. The van der Waals surface area contributed by atoms with E-state index < -0.39 is 10.2 Å². The highest BCUT2D eigenvalue weighted by Gasteiger charge is 2.18. The molecule has 7 heteroatoms. The fourth-order valence-electron chi connectivity index (χ4n) is 0.616. The molecule has 0 aliphatic carbocycles. The van der Waals surface area contributed by atoms with Gasteiger partial charge in [0, 0.05) is 14.1 Å².